The lowest BCUT2D eigenvalue weighted by Gasteiger charge is -2.31. The van der Waals surface area contributed by atoms with Crippen molar-refractivity contribution in [3.8, 4) is 0 Å². The fourth-order valence-corrected chi connectivity index (χ4v) is 3.42. The van der Waals surface area contributed by atoms with E-state index in [1.807, 2.05) is 12.1 Å². The van der Waals surface area contributed by atoms with Gasteiger partial charge in [0.1, 0.15) is 5.56 Å². The number of carbonyl (C=O) groups excluding carboxylic acids is 1. The van der Waals surface area contributed by atoms with Crippen LogP contribution >= 0.6 is 0 Å². The number of likely N-dealkylation sites (tertiary alicyclic amines) is 1. The second-order valence-electron chi connectivity index (χ2n) is 6.89. The van der Waals surface area contributed by atoms with Crippen molar-refractivity contribution in [1.29, 1.82) is 0 Å². The highest BCUT2D eigenvalue weighted by molar-refractivity contribution is 5.93. The molecule has 1 N–H and O–H groups in total. The summed E-state index contributed by atoms with van der Waals surface area (Å²) in [6, 6.07) is 11.5. The topological polar surface area (TPSA) is 59.3 Å². The van der Waals surface area contributed by atoms with Crippen molar-refractivity contribution in [1.82, 2.24) is 10.2 Å². The van der Waals surface area contributed by atoms with E-state index in [0.29, 0.717) is 16.8 Å². The molecule has 5 heteroatoms. The van der Waals surface area contributed by atoms with Crippen molar-refractivity contribution in [3.05, 3.63) is 70.7 Å². The number of nitrogens with zero attached hydrogens (tertiary/aromatic N) is 2. The van der Waals surface area contributed by atoms with Gasteiger partial charge < -0.3 is 10.5 Å². The van der Waals surface area contributed by atoms with E-state index >= 15 is 0 Å². The second-order valence-corrected chi connectivity index (χ2v) is 6.89. The molecule has 1 aliphatic rings. The molecule has 0 aliphatic carbocycles. The van der Waals surface area contributed by atoms with Crippen molar-refractivity contribution in [2.24, 2.45) is 5.92 Å². The maximum absolute atomic E-state index is 12.2. The van der Waals surface area contributed by atoms with Crippen LogP contribution in [0.5, 0.6) is 0 Å². The van der Waals surface area contributed by atoms with Crippen LogP contribution in [0.4, 0.5) is 0 Å². The van der Waals surface area contributed by atoms with Crippen LogP contribution < -0.4 is 10.0 Å². The number of carbonyl (C=O) groups is 1. The van der Waals surface area contributed by atoms with Crippen LogP contribution in [0, 0.1) is 11.1 Å². The quantitative estimate of drug-likeness (QED) is 0.672. The maximum atomic E-state index is 12.2. The molecule has 2 aromatic rings. The van der Waals surface area contributed by atoms with Crippen molar-refractivity contribution in [2.45, 2.75) is 32.9 Å². The molecule has 1 saturated heterocycles. The Labute approximate surface area is 148 Å². The highest BCUT2D eigenvalue weighted by atomic mass is 16.5. The Kier molecular flexibility index (Phi) is 5.66. The molecule has 1 aliphatic heterocycles. The molecule has 1 aromatic carbocycles. The van der Waals surface area contributed by atoms with E-state index in [0.717, 1.165) is 31.1 Å². The Morgan fingerprint density at radius 3 is 2.84 bits per heavy atom. The van der Waals surface area contributed by atoms with Gasteiger partial charge in [-0.05, 0) is 42.5 Å². The lowest BCUT2D eigenvalue weighted by Crippen LogP contribution is -2.34. The van der Waals surface area contributed by atoms with Crippen LogP contribution in [0.25, 0.3) is 0 Å². The van der Waals surface area contributed by atoms with Gasteiger partial charge in [0.25, 0.3) is 5.91 Å². The third-order valence-electron chi connectivity index (χ3n) is 4.73. The number of aromatic nitrogens is 1. The molecule has 1 aromatic heterocycles. The summed E-state index contributed by atoms with van der Waals surface area (Å²) in [5.74, 6) is 0.518. The molecule has 132 valence electrons. The smallest absolute Gasteiger partial charge is 0.257 e. The number of piperidine rings is 1. The van der Waals surface area contributed by atoms with Crippen molar-refractivity contribution in [3.63, 3.8) is 0 Å². The van der Waals surface area contributed by atoms with Crippen LogP contribution in [0.3, 0.4) is 0 Å². The molecule has 0 spiro atoms. The Hall–Kier alpha value is -2.40. The molecular weight excluding hydrogens is 314 g/mol. The van der Waals surface area contributed by atoms with Gasteiger partial charge >= 0.3 is 0 Å². The predicted octanol–water partition coefficient (Wildman–Crippen LogP) is 2.48. The fraction of sp³-hybridized carbons (Fsp3) is 0.400. The average molecular weight is 339 g/mol. The van der Waals surface area contributed by atoms with Crippen LogP contribution in [0.2, 0.25) is 0 Å². The number of hydrogen-bond donors (Lipinski definition) is 1. The van der Waals surface area contributed by atoms with Gasteiger partial charge in [-0.25, -0.2) is 0 Å². The third kappa shape index (κ3) is 4.79. The van der Waals surface area contributed by atoms with Gasteiger partial charge in [-0.1, -0.05) is 31.2 Å². The first-order valence-corrected chi connectivity index (χ1v) is 8.88. The first-order chi connectivity index (χ1) is 12.1. The minimum absolute atomic E-state index is 0.230. The van der Waals surface area contributed by atoms with E-state index < -0.39 is 0 Å². The fourth-order valence-electron chi connectivity index (χ4n) is 3.42. The largest absolute Gasteiger partial charge is 0.619 e. The normalized spacial score (nSPS) is 18.0. The average Bonchev–Trinajstić information content (AvgIpc) is 2.61. The molecule has 1 amide bonds. The highest BCUT2D eigenvalue weighted by Gasteiger charge is 2.17. The molecular formula is C20H25N3O2. The predicted molar refractivity (Wildman–Crippen MR) is 96.7 cm³/mol. The zero-order chi connectivity index (χ0) is 17.6. The first kappa shape index (κ1) is 17.4. The lowest BCUT2D eigenvalue weighted by atomic mass is 9.99. The molecule has 0 saturated carbocycles. The van der Waals surface area contributed by atoms with Gasteiger partial charge in [-0.2, -0.15) is 4.73 Å². The zero-order valence-electron chi connectivity index (χ0n) is 14.6. The van der Waals surface area contributed by atoms with E-state index in [2.05, 4.69) is 29.3 Å². The summed E-state index contributed by atoms with van der Waals surface area (Å²) in [6.07, 6.45) is 5.22. The highest BCUT2D eigenvalue weighted by Crippen LogP contribution is 2.19. The summed E-state index contributed by atoms with van der Waals surface area (Å²) in [5.41, 5.74) is 2.75. The summed E-state index contributed by atoms with van der Waals surface area (Å²) in [6.45, 7) is 5.96. The summed E-state index contributed by atoms with van der Waals surface area (Å²) >= 11 is 0. The number of nitrogens with one attached hydrogen (secondary N) is 1. The summed E-state index contributed by atoms with van der Waals surface area (Å²) in [5, 5.41) is 14.2. The molecule has 0 unspecified atom stereocenters. The van der Waals surface area contributed by atoms with Gasteiger partial charge in [0, 0.05) is 25.7 Å². The molecule has 0 bridgehead atoms. The van der Waals surface area contributed by atoms with Gasteiger partial charge in [0.05, 0.1) is 0 Å². The number of amides is 1. The Morgan fingerprint density at radius 1 is 1.28 bits per heavy atom. The zero-order valence-corrected chi connectivity index (χ0v) is 14.6. The van der Waals surface area contributed by atoms with Crippen molar-refractivity contribution >= 4 is 5.91 Å². The number of benzene rings is 1. The van der Waals surface area contributed by atoms with Crippen LogP contribution in [0.15, 0.2) is 48.8 Å². The molecule has 2 heterocycles. The van der Waals surface area contributed by atoms with Crippen molar-refractivity contribution < 1.29 is 9.52 Å². The maximum Gasteiger partial charge on any atom is 0.257 e. The van der Waals surface area contributed by atoms with Gasteiger partial charge in [-0.3, -0.25) is 9.69 Å². The van der Waals surface area contributed by atoms with E-state index in [4.69, 9.17) is 0 Å². The number of hydrogen-bond acceptors (Lipinski definition) is 3. The SMILES string of the molecule is C[C@H]1CCCN(Cc2ccccc2CNC(=O)c2ccc[n+]([O-])c2)C1. The lowest BCUT2D eigenvalue weighted by molar-refractivity contribution is -0.605. The second kappa shape index (κ2) is 8.12. The van der Waals surface area contributed by atoms with E-state index in [-0.39, 0.29) is 5.91 Å². The Morgan fingerprint density at radius 2 is 2.08 bits per heavy atom. The van der Waals surface area contributed by atoms with E-state index in [1.165, 1.54) is 30.8 Å². The van der Waals surface area contributed by atoms with E-state index in [9.17, 15) is 10.0 Å². The molecule has 25 heavy (non-hydrogen) atoms. The molecule has 3 rings (SSSR count). The van der Waals surface area contributed by atoms with Gasteiger partial charge in [-0.15, -0.1) is 0 Å². The van der Waals surface area contributed by atoms with Crippen LogP contribution in [-0.2, 0) is 13.1 Å². The molecule has 5 nitrogen and oxygen atoms in total. The molecule has 1 fully saturated rings. The Bertz CT molecular complexity index is 732. The van der Waals surface area contributed by atoms with Crippen LogP contribution in [-0.4, -0.2) is 23.9 Å². The Balaban J connectivity index is 1.63. The number of rotatable bonds is 5. The third-order valence-corrected chi connectivity index (χ3v) is 4.73. The molecule has 0 radical (unpaired) electrons. The van der Waals surface area contributed by atoms with E-state index in [1.54, 1.807) is 12.1 Å². The standard InChI is InChI=1S/C20H25N3O2/c1-16-6-4-10-22(13-16)14-18-8-3-2-7-17(18)12-21-20(24)19-9-5-11-23(25)15-19/h2-3,5,7-9,11,15-16H,4,6,10,12-14H2,1H3,(H,21,24)/t16-/m0/s1. The minimum Gasteiger partial charge on any atom is -0.619 e. The summed E-state index contributed by atoms with van der Waals surface area (Å²) in [4.78, 5) is 14.7. The monoisotopic (exact) mass is 339 g/mol. The summed E-state index contributed by atoms with van der Waals surface area (Å²) in [7, 11) is 0. The first-order valence-electron chi connectivity index (χ1n) is 8.88. The summed E-state index contributed by atoms with van der Waals surface area (Å²) < 4.78 is 0.639. The van der Waals surface area contributed by atoms with Gasteiger partial charge in [0.15, 0.2) is 12.4 Å². The van der Waals surface area contributed by atoms with Crippen LogP contribution in [0.1, 0.15) is 41.3 Å². The number of pyridine rings is 1. The molecule has 1 atom stereocenters. The van der Waals surface area contributed by atoms with Gasteiger partial charge in [0.2, 0.25) is 0 Å². The van der Waals surface area contributed by atoms with Crippen molar-refractivity contribution in [2.75, 3.05) is 13.1 Å². The minimum atomic E-state index is -0.230.